The van der Waals surface area contributed by atoms with Crippen LogP contribution in [0.2, 0.25) is 0 Å². The summed E-state index contributed by atoms with van der Waals surface area (Å²) in [5, 5.41) is 4.07. The third kappa shape index (κ3) is 1.47. The van der Waals surface area contributed by atoms with Gasteiger partial charge in [0.15, 0.2) is 0 Å². The summed E-state index contributed by atoms with van der Waals surface area (Å²) in [5.41, 5.74) is 8.39. The molecule has 1 aliphatic rings. The molecule has 0 aromatic heterocycles. The molecule has 13 heavy (non-hydrogen) atoms. The maximum atomic E-state index is 4.07. The second-order valence-electron chi connectivity index (χ2n) is 3.24. The van der Waals surface area contributed by atoms with Gasteiger partial charge in [-0.05, 0) is 19.4 Å². The zero-order chi connectivity index (χ0) is 9.26. The van der Waals surface area contributed by atoms with Gasteiger partial charge in [0.2, 0.25) is 0 Å². The molecule has 0 N–H and O–H groups in total. The second-order valence-corrected chi connectivity index (χ2v) is 3.24. The molecule has 1 heterocycles. The Kier molecular flexibility index (Phi) is 1.89. The van der Waals surface area contributed by atoms with Crippen LogP contribution in [0.15, 0.2) is 41.1 Å². The quantitative estimate of drug-likeness (QED) is 0.619. The number of hydrogen-bond acceptors (Lipinski definition) is 1. The molecule has 1 aliphatic heterocycles. The maximum Gasteiger partial charge on any atom is 0.0974 e. The monoisotopic (exact) mass is 171 g/mol. The van der Waals surface area contributed by atoms with E-state index in [4.69, 9.17) is 0 Å². The van der Waals surface area contributed by atoms with Crippen molar-refractivity contribution >= 4 is 5.71 Å². The summed E-state index contributed by atoms with van der Waals surface area (Å²) in [6.07, 6.45) is 1.79. The van der Waals surface area contributed by atoms with Crippen LogP contribution < -0.4 is 5.43 Å². The summed E-state index contributed by atoms with van der Waals surface area (Å²) in [7, 11) is 0. The third-order valence-corrected chi connectivity index (χ3v) is 2.11. The summed E-state index contributed by atoms with van der Waals surface area (Å²) in [6, 6.07) is 8.32. The van der Waals surface area contributed by atoms with E-state index >= 15 is 0 Å². The van der Waals surface area contributed by atoms with Crippen molar-refractivity contribution in [3.05, 3.63) is 47.2 Å². The maximum absolute atomic E-state index is 4.07. The van der Waals surface area contributed by atoms with Gasteiger partial charge in [-0.25, -0.2) is 0 Å². The van der Waals surface area contributed by atoms with Crippen LogP contribution in [-0.4, -0.2) is 5.71 Å². The minimum atomic E-state index is 0.986. The summed E-state index contributed by atoms with van der Waals surface area (Å²) >= 11 is 0. The van der Waals surface area contributed by atoms with E-state index < -0.39 is 0 Å². The van der Waals surface area contributed by atoms with Crippen LogP contribution in [-0.2, 0) is 0 Å². The van der Waals surface area contributed by atoms with Gasteiger partial charge in [0.05, 0.1) is 11.9 Å². The zero-order valence-corrected chi connectivity index (χ0v) is 7.78. The normalized spacial score (nSPS) is 14.9. The van der Waals surface area contributed by atoms with Gasteiger partial charge in [-0.3, -0.25) is 0 Å². The minimum absolute atomic E-state index is 0.986. The van der Waals surface area contributed by atoms with E-state index in [0.29, 0.717) is 0 Å². The number of benzene rings is 1. The number of allylic oxidation sites excluding steroid dienone is 1. The van der Waals surface area contributed by atoms with E-state index in [1.165, 1.54) is 5.56 Å². The van der Waals surface area contributed by atoms with Crippen LogP contribution in [0, 0.1) is 6.92 Å². The van der Waals surface area contributed by atoms with Crippen molar-refractivity contribution in [2.45, 2.75) is 13.8 Å². The first-order valence-electron chi connectivity index (χ1n) is 4.29. The fourth-order valence-corrected chi connectivity index (χ4v) is 1.31. The van der Waals surface area contributed by atoms with Gasteiger partial charge in [-0.2, -0.15) is 10.5 Å². The molecule has 1 aromatic rings. The van der Waals surface area contributed by atoms with Crippen molar-refractivity contribution in [2.24, 2.45) is 5.10 Å². The zero-order valence-electron chi connectivity index (χ0n) is 7.78. The molecule has 0 unspecified atom stereocenters. The summed E-state index contributed by atoms with van der Waals surface area (Å²) in [4.78, 5) is 0. The lowest BCUT2D eigenvalue weighted by atomic mass is 10.0. The predicted molar refractivity (Wildman–Crippen MR) is 53.6 cm³/mol. The van der Waals surface area contributed by atoms with Crippen molar-refractivity contribution in [2.75, 3.05) is 0 Å². The summed E-state index contributed by atoms with van der Waals surface area (Å²) in [5.74, 6) is 0. The average Bonchev–Trinajstić information content (AvgIpc) is 2.53. The van der Waals surface area contributed by atoms with E-state index in [0.717, 1.165) is 16.8 Å². The molecule has 65 valence electrons. The Morgan fingerprint density at radius 3 is 2.23 bits per heavy atom. The first-order valence-corrected chi connectivity index (χ1v) is 4.29. The molecule has 0 amide bonds. The topological polar surface area (TPSA) is 26.5 Å². The molecule has 0 saturated heterocycles. The van der Waals surface area contributed by atoms with Crippen LogP contribution in [0.3, 0.4) is 0 Å². The highest BCUT2D eigenvalue weighted by atomic mass is 15.3. The third-order valence-electron chi connectivity index (χ3n) is 2.11. The molecule has 0 fully saturated rings. The van der Waals surface area contributed by atoms with Crippen LogP contribution in [0.4, 0.5) is 0 Å². The van der Waals surface area contributed by atoms with Gasteiger partial charge in [0.25, 0.3) is 0 Å². The SMILES string of the molecule is CC1=C[N]N=C1c1ccc(C)cc1. The Hall–Kier alpha value is -1.57. The number of hydrogen-bond donors (Lipinski definition) is 0. The molecule has 1 radical (unpaired) electrons. The molecular formula is C11H11N2. The highest BCUT2D eigenvalue weighted by molar-refractivity contribution is 6.13. The first-order chi connectivity index (χ1) is 6.27. The Morgan fingerprint density at radius 1 is 1.00 bits per heavy atom. The molecule has 0 atom stereocenters. The highest BCUT2D eigenvalue weighted by Crippen LogP contribution is 2.13. The van der Waals surface area contributed by atoms with Crippen LogP contribution in [0.1, 0.15) is 18.1 Å². The highest BCUT2D eigenvalue weighted by Gasteiger charge is 2.10. The standard InChI is InChI=1S/C11H11N2/c1-8-3-5-10(6-4-8)11-9(2)7-12-13-11/h3-7H,1-2H3. The average molecular weight is 171 g/mol. The van der Waals surface area contributed by atoms with Crippen molar-refractivity contribution in [1.29, 1.82) is 0 Å². The fraction of sp³-hybridized carbons (Fsp3) is 0.182. The van der Waals surface area contributed by atoms with E-state index in [9.17, 15) is 0 Å². The van der Waals surface area contributed by atoms with Gasteiger partial charge >= 0.3 is 0 Å². The van der Waals surface area contributed by atoms with Crippen molar-refractivity contribution in [3.8, 4) is 0 Å². The first kappa shape index (κ1) is 8.05. The second kappa shape index (κ2) is 3.05. The van der Waals surface area contributed by atoms with Crippen LogP contribution >= 0.6 is 0 Å². The Bertz CT molecular complexity index is 372. The van der Waals surface area contributed by atoms with E-state index in [2.05, 4.69) is 41.7 Å². The molecule has 1 aromatic carbocycles. The summed E-state index contributed by atoms with van der Waals surface area (Å²) < 4.78 is 0. The van der Waals surface area contributed by atoms with Crippen LogP contribution in [0.5, 0.6) is 0 Å². The lowest BCUT2D eigenvalue weighted by molar-refractivity contribution is 0.970. The molecule has 2 nitrogen and oxygen atoms in total. The lowest BCUT2D eigenvalue weighted by Gasteiger charge is -2.00. The molecule has 2 heteroatoms. The van der Waals surface area contributed by atoms with Crippen LogP contribution in [0.25, 0.3) is 0 Å². The Morgan fingerprint density at radius 2 is 1.69 bits per heavy atom. The van der Waals surface area contributed by atoms with E-state index in [1.54, 1.807) is 6.20 Å². The Balaban J connectivity index is 2.37. The molecule has 0 saturated carbocycles. The van der Waals surface area contributed by atoms with Crippen molar-refractivity contribution in [1.82, 2.24) is 5.43 Å². The predicted octanol–water partition coefficient (Wildman–Crippen LogP) is 2.22. The minimum Gasteiger partial charge on any atom is -0.158 e. The largest absolute Gasteiger partial charge is 0.158 e. The molecule has 2 rings (SSSR count). The molecule has 0 spiro atoms. The van der Waals surface area contributed by atoms with E-state index in [-0.39, 0.29) is 0 Å². The number of aryl methyl sites for hydroxylation is 1. The number of nitrogens with zero attached hydrogens (tertiary/aromatic N) is 2. The van der Waals surface area contributed by atoms with Gasteiger partial charge < -0.3 is 0 Å². The van der Waals surface area contributed by atoms with Crippen molar-refractivity contribution < 1.29 is 0 Å². The van der Waals surface area contributed by atoms with Gasteiger partial charge in [0.1, 0.15) is 0 Å². The molecule has 0 bridgehead atoms. The fourth-order valence-electron chi connectivity index (χ4n) is 1.31. The van der Waals surface area contributed by atoms with E-state index in [1.807, 2.05) is 6.92 Å². The van der Waals surface area contributed by atoms with Gasteiger partial charge in [-0.15, -0.1) is 0 Å². The lowest BCUT2D eigenvalue weighted by Crippen LogP contribution is -1.98. The molecule has 0 aliphatic carbocycles. The van der Waals surface area contributed by atoms with Gasteiger partial charge in [-0.1, -0.05) is 29.8 Å². The van der Waals surface area contributed by atoms with Crippen molar-refractivity contribution in [3.63, 3.8) is 0 Å². The number of rotatable bonds is 1. The smallest absolute Gasteiger partial charge is 0.0974 e. The van der Waals surface area contributed by atoms with Gasteiger partial charge in [0, 0.05) is 5.56 Å². The molecular weight excluding hydrogens is 160 g/mol. The Labute approximate surface area is 78.0 Å². The summed E-state index contributed by atoms with van der Waals surface area (Å²) in [6.45, 7) is 4.10.